The number of rotatable bonds is 3. The molecule has 4 rings (SSSR count). The van der Waals surface area contributed by atoms with E-state index in [0.29, 0.717) is 36.8 Å². The molecule has 28 heavy (non-hydrogen) atoms. The predicted molar refractivity (Wildman–Crippen MR) is 106 cm³/mol. The number of amides is 1. The molecule has 2 aromatic heterocycles. The number of hydrogen-bond donors (Lipinski definition) is 0. The van der Waals surface area contributed by atoms with Crippen LogP contribution in [0.3, 0.4) is 0 Å². The summed E-state index contributed by atoms with van der Waals surface area (Å²) < 4.78 is 27.7. The van der Waals surface area contributed by atoms with Gasteiger partial charge in [0.15, 0.2) is 5.65 Å². The Bertz CT molecular complexity index is 979. The largest absolute Gasteiger partial charge is 0.338 e. The Morgan fingerprint density at radius 3 is 2.57 bits per heavy atom. The van der Waals surface area contributed by atoms with Crippen molar-refractivity contribution in [1.82, 2.24) is 23.8 Å². The second-order valence-corrected chi connectivity index (χ2v) is 9.96. The van der Waals surface area contributed by atoms with Crippen LogP contribution in [-0.4, -0.2) is 70.1 Å². The Balaban J connectivity index is 1.45. The highest BCUT2D eigenvalue weighted by Crippen LogP contribution is 2.32. The van der Waals surface area contributed by atoms with Crippen molar-refractivity contribution in [2.24, 2.45) is 5.92 Å². The molecule has 8 nitrogen and oxygen atoms in total. The molecular weight excluding hydrogens is 378 g/mol. The van der Waals surface area contributed by atoms with Gasteiger partial charge < -0.3 is 4.90 Å². The van der Waals surface area contributed by atoms with Gasteiger partial charge in [-0.05, 0) is 44.1 Å². The molecule has 4 heterocycles. The van der Waals surface area contributed by atoms with Crippen molar-refractivity contribution < 1.29 is 13.2 Å². The second-order valence-electron chi connectivity index (χ2n) is 8.02. The molecule has 0 spiro atoms. The van der Waals surface area contributed by atoms with Crippen LogP contribution < -0.4 is 0 Å². The first-order chi connectivity index (χ1) is 13.3. The first kappa shape index (κ1) is 19.3. The van der Waals surface area contributed by atoms with Crippen LogP contribution in [0.2, 0.25) is 0 Å². The third-order valence-electron chi connectivity index (χ3n) is 6.01. The Morgan fingerprint density at radius 1 is 1.11 bits per heavy atom. The van der Waals surface area contributed by atoms with E-state index >= 15 is 0 Å². The highest BCUT2D eigenvalue weighted by molar-refractivity contribution is 7.88. The maximum Gasteiger partial charge on any atom is 0.259 e. The molecule has 2 saturated heterocycles. The molecule has 0 saturated carbocycles. The average molecular weight is 406 g/mol. The average Bonchev–Trinajstić information content (AvgIpc) is 3.10. The molecule has 0 N–H and O–H groups in total. The fourth-order valence-corrected chi connectivity index (χ4v) is 5.82. The summed E-state index contributed by atoms with van der Waals surface area (Å²) in [6.45, 7) is 3.84. The van der Waals surface area contributed by atoms with Crippen LogP contribution in [0.1, 0.15) is 48.0 Å². The van der Waals surface area contributed by atoms with Gasteiger partial charge in [-0.3, -0.25) is 4.79 Å². The smallest absolute Gasteiger partial charge is 0.259 e. The zero-order chi connectivity index (χ0) is 19.9. The number of hydrogen-bond acceptors (Lipinski definition) is 5. The molecule has 0 bridgehead atoms. The van der Waals surface area contributed by atoms with Gasteiger partial charge in [-0.1, -0.05) is 6.42 Å². The van der Waals surface area contributed by atoms with Crippen molar-refractivity contribution in [3.8, 4) is 0 Å². The molecular formula is C19H27N5O3S. The van der Waals surface area contributed by atoms with Gasteiger partial charge in [-0.2, -0.15) is 9.40 Å². The van der Waals surface area contributed by atoms with E-state index < -0.39 is 10.0 Å². The third kappa shape index (κ3) is 3.65. The molecule has 2 aliphatic heterocycles. The van der Waals surface area contributed by atoms with Crippen LogP contribution in [0.15, 0.2) is 18.6 Å². The maximum absolute atomic E-state index is 13.0. The minimum absolute atomic E-state index is 0.0478. The standard InChI is InChI=1S/C19H27N5O3S/c1-14-11-20-18-16(12-21-23(18)13-14)19(25)22-9-6-15(7-10-22)17-5-3-4-8-24(17)28(2,26)27/h11-13,15,17H,3-10H2,1-2H3. The minimum atomic E-state index is -3.18. The lowest BCUT2D eigenvalue weighted by molar-refractivity contribution is 0.0622. The molecule has 1 atom stereocenters. The molecule has 0 radical (unpaired) electrons. The van der Waals surface area contributed by atoms with Crippen molar-refractivity contribution in [3.63, 3.8) is 0 Å². The molecule has 152 valence electrons. The van der Waals surface area contributed by atoms with Gasteiger partial charge in [0.1, 0.15) is 5.56 Å². The van der Waals surface area contributed by atoms with Gasteiger partial charge in [0.25, 0.3) is 5.91 Å². The molecule has 2 fully saturated rings. The number of piperidine rings is 2. The molecule has 0 aliphatic carbocycles. The van der Waals surface area contributed by atoms with Crippen LogP contribution in [0.4, 0.5) is 0 Å². The fourth-order valence-electron chi connectivity index (χ4n) is 4.59. The van der Waals surface area contributed by atoms with Gasteiger partial charge in [0.2, 0.25) is 10.0 Å². The second kappa shape index (κ2) is 7.44. The van der Waals surface area contributed by atoms with Gasteiger partial charge in [-0.15, -0.1) is 0 Å². The summed E-state index contributed by atoms with van der Waals surface area (Å²) in [6, 6.07) is 0.0719. The molecule has 2 aliphatic rings. The summed E-state index contributed by atoms with van der Waals surface area (Å²) in [5.41, 5.74) is 2.08. The Morgan fingerprint density at radius 2 is 1.86 bits per heavy atom. The first-order valence-corrected chi connectivity index (χ1v) is 11.8. The van der Waals surface area contributed by atoms with Crippen LogP contribution in [0.5, 0.6) is 0 Å². The van der Waals surface area contributed by atoms with E-state index in [1.54, 1.807) is 21.2 Å². The highest BCUT2D eigenvalue weighted by atomic mass is 32.2. The fraction of sp³-hybridized carbons (Fsp3) is 0.632. The number of fused-ring (bicyclic) bond motifs is 1. The molecule has 0 aromatic carbocycles. The van der Waals surface area contributed by atoms with E-state index in [-0.39, 0.29) is 11.9 Å². The van der Waals surface area contributed by atoms with Crippen LogP contribution >= 0.6 is 0 Å². The predicted octanol–water partition coefficient (Wildman–Crippen LogP) is 1.70. The Hall–Kier alpha value is -2.00. The van der Waals surface area contributed by atoms with E-state index in [1.165, 1.54) is 6.26 Å². The van der Waals surface area contributed by atoms with Crippen LogP contribution in [0, 0.1) is 12.8 Å². The molecule has 2 aromatic rings. The van der Waals surface area contributed by atoms with E-state index in [9.17, 15) is 13.2 Å². The maximum atomic E-state index is 13.0. The van der Waals surface area contributed by atoms with Crippen LogP contribution in [0.25, 0.3) is 5.65 Å². The number of sulfonamides is 1. The number of aromatic nitrogens is 3. The van der Waals surface area contributed by atoms with E-state index in [0.717, 1.165) is 37.7 Å². The van der Waals surface area contributed by atoms with Crippen molar-refractivity contribution in [2.75, 3.05) is 25.9 Å². The van der Waals surface area contributed by atoms with Crippen molar-refractivity contribution in [3.05, 3.63) is 29.7 Å². The lowest BCUT2D eigenvalue weighted by Gasteiger charge is -2.42. The van der Waals surface area contributed by atoms with Crippen molar-refractivity contribution in [1.29, 1.82) is 0 Å². The van der Waals surface area contributed by atoms with Gasteiger partial charge in [0.05, 0.1) is 12.5 Å². The first-order valence-electron chi connectivity index (χ1n) is 9.90. The summed E-state index contributed by atoms with van der Waals surface area (Å²) in [5, 5.41) is 4.25. The zero-order valence-corrected chi connectivity index (χ0v) is 17.2. The number of aryl methyl sites for hydroxylation is 1. The van der Waals surface area contributed by atoms with Gasteiger partial charge >= 0.3 is 0 Å². The van der Waals surface area contributed by atoms with E-state index in [2.05, 4.69) is 10.1 Å². The summed E-state index contributed by atoms with van der Waals surface area (Å²) in [5.74, 6) is 0.261. The number of nitrogens with zero attached hydrogens (tertiary/aromatic N) is 5. The number of carbonyl (C=O) groups is 1. The van der Waals surface area contributed by atoms with Crippen LogP contribution in [-0.2, 0) is 10.0 Å². The van der Waals surface area contributed by atoms with Gasteiger partial charge in [0, 0.05) is 38.1 Å². The topological polar surface area (TPSA) is 87.9 Å². The summed E-state index contributed by atoms with van der Waals surface area (Å²) in [4.78, 5) is 19.2. The third-order valence-corrected chi connectivity index (χ3v) is 7.32. The lowest BCUT2D eigenvalue weighted by Crippen LogP contribution is -2.50. The highest BCUT2D eigenvalue weighted by Gasteiger charge is 2.37. The summed E-state index contributed by atoms with van der Waals surface area (Å²) >= 11 is 0. The normalized spacial score (nSPS) is 22.6. The number of carbonyl (C=O) groups excluding carboxylic acids is 1. The number of likely N-dealkylation sites (tertiary alicyclic amines) is 1. The van der Waals surface area contributed by atoms with E-state index in [1.807, 2.05) is 18.0 Å². The molecule has 9 heteroatoms. The minimum Gasteiger partial charge on any atom is -0.338 e. The van der Waals surface area contributed by atoms with Gasteiger partial charge in [-0.25, -0.2) is 17.9 Å². The Labute approximate surface area is 165 Å². The quantitative estimate of drug-likeness (QED) is 0.776. The van der Waals surface area contributed by atoms with E-state index in [4.69, 9.17) is 0 Å². The van der Waals surface area contributed by atoms with Crippen molar-refractivity contribution >= 4 is 21.6 Å². The lowest BCUT2D eigenvalue weighted by atomic mass is 9.85. The van der Waals surface area contributed by atoms with Crippen molar-refractivity contribution in [2.45, 2.75) is 45.1 Å². The zero-order valence-electron chi connectivity index (χ0n) is 16.4. The molecule has 1 unspecified atom stereocenters. The Kier molecular flexibility index (Phi) is 5.13. The summed E-state index contributed by atoms with van der Waals surface area (Å²) in [7, 11) is -3.18. The SMILES string of the molecule is Cc1cnc2c(C(=O)N3CCC(C4CCCCN4S(C)(=O)=O)CC3)cnn2c1. The monoisotopic (exact) mass is 405 g/mol. The summed E-state index contributed by atoms with van der Waals surface area (Å²) in [6.07, 6.45) is 11.1. The molecule has 1 amide bonds.